The summed E-state index contributed by atoms with van der Waals surface area (Å²) < 4.78 is 33.6. The minimum atomic E-state index is -0.717. The number of benzene rings is 2. The topological polar surface area (TPSA) is 65.2 Å². The molecule has 4 nitrogen and oxygen atoms in total. The molecular formula is C19H12AsClF2N2O2. The Morgan fingerprint density at radius 3 is 2.44 bits per heavy atom. The molecule has 0 aliphatic carbocycles. The van der Waals surface area contributed by atoms with Crippen molar-refractivity contribution >= 4 is 38.8 Å². The van der Waals surface area contributed by atoms with Gasteiger partial charge in [0.05, 0.1) is 0 Å². The SMILES string of the molecule is NC(=O)c1ccc(-c2cnc([As])c(OCc3c(F)ccc(F)c3Cl)c2)cc1. The van der Waals surface area contributed by atoms with Crippen LogP contribution in [0, 0.1) is 11.6 Å². The van der Waals surface area contributed by atoms with Gasteiger partial charge >= 0.3 is 168 Å². The molecule has 1 heterocycles. The number of rotatable bonds is 5. The molecule has 0 unspecified atom stereocenters. The zero-order chi connectivity index (χ0) is 19.6. The number of primary amides is 1. The van der Waals surface area contributed by atoms with Crippen LogP contribution in [0.5, 0.6) is 5.75 Å². The van der Waals surface area contributed by atoms with Crippen molar-refractivity contribution in [1.29, 1.82) is 0 Å². The van der Waals surface area contributed by atoms with E-state index in [1.807, 2.05) is 0 Å². The first-order valence-electron chi connectivity index (χ1n) is 7.71. The number of halogens is 3. The molecular weight excluding hydrogens is 437 g/mol. The Bertz CT molecular complexity index is 1010. The van der Waals surface area contributed by atoms with E-state index < -0.39 is 17.5 Å². The van der Waals surface area contributed by atoms with Gasteiger partial charge in [-0.05, 0) is 0 Å². The molecule has 3 rings (SSSR count). The number of hydrogen-bond donors (Lipinski definition) is 1. The summed E-state index contributed by atoms with van der Waals surface area (Å²) in [4.78, 5) is 15.4. The molecule has 0 spiro atoms. The van der Waals surface area contributed by atoms with Gasteiger partial charge in [-0.2, -0.15) is 0 Å². The van der Waals surface area contributed by atoms with Gasteiger partial charge in [-0.3, -0.25) is 0 Å². The standard InChI is InChI=1S/C19H12AsClF2N2O2/c20-18-16(27-9-13-14(22)5-6-15(23)17(13)21)7-12(8-25-18)10-1-3-11(4-2-10)19(24)26/h1-8H,9H2,(H2,24,26). The van der Waals surface area contributed by atoms with E-state index in [1.165, 1.54) is 0 Å². The van der Waals surface area contributed by atoms with Gasteiger partial charge in [0, 0.05) is 0 Å². The molecule has 136 valence electrons. The molecule has 8 heteroatoms. The molecule has 1 amide bonds. The molecule has 1 aromatic heterocycles. The van der Waals surface area contributed by atoms with E-state index in [9.17, 15) is 13.6 Å². The average Bonchev–Trinajstić information content (AvgIpc) is 2.66. The number of ether oxygens (including phenoxy) is 1. The summed E-state index contributed by atoms with van der Waals surface area (Å²) in [5.41, 5.74) is 7.07. The number of carbonyl (C=O) groups is 1. The van der Waals surface area contributed by atoms with Crippen LogP contribution >= 0.6 is 11.6 Å². The Morgan fingerprint density at radius 2 is 1.78 bits per heavy atom. The van der Waals surface area contributed by atoms with Crippen molar-refractivity contribution in [2.45, 2.75) is 6.61 Å². The summed E-state index contributed by atoms with van der Waals surface area (Å²) in [5, 5.41) is -0.312. The van der Waals surface area contributed by atoms with E-state index >= 15 is 0 Å². The maximum absolute atomic E-state index is 13.9. The zero-order valence-corrected chi connectivity index (χ0v) is 16.4. The second kappa shape index (κ2) is 8.07. The van der Waals surface area contributed by atoms with E-state index in [4.69, 9.17) is 22.1 Å². The van der Waals surface area contributed by atoms with Crippen LogP contribution in [0.4, 0.5) is 8.78 Å². The Morgan fingerprint density at radius 1 is 1.11 bits per heavy atom. The number of amides is 1. The monoisotopic (exact) mass is 448 g/mol. The summed E-state index contributed by atoms with van der Waals surface area (Å²) >= 11 is 8.06. The van der Waals surface area contributed by atoms with Crippen molar-refractivity contribution in [2.24, 2.45) is 5.73 Å². The van der Waals surface area contributed by atoms with E-state index in [-0.39, 0.29) is 17.2 Å². The van der Waals surface area contributed by atoms with Crippen LogP contribution in [-0.2, 0) is 6.61 Å². The fourth-order valence-corrected chi connectivity index (χ4v) is 2.98. The van der Waals surface area contributed by atoms with E-state index in [0.717, 1.165) is 23.3 Å². The first kappa shape index (κ1) is 19.3. The summed E-state index contributed by atoms with van der Waals surface area (Å²) in [6.07, 6.45) is 1.63. The molecule has 0 fully saturated rings. The molecule has 0 saturated carbocycles. The van der Waals surface area contributed by atoms with Crippen LogP contribution < -0.4 is 15.0 Å². The predicted octanol–water partition coefficient (Wildman–Crippen LogP) is 3.15. The predicted molar refractivity (Wildman–Crippen MR) is 99.3 cm³/mol. The van der Waals surface area contributed by atoms with Crippen molar-refractivity contribution in [2.75, 3.05) is 0 Å². The van der Waals surface area contributed by atoms with Crippen molar-refractivity contribution in [1.82, 2.24) is 4.98 Å². The van der Waals surface area contributed by atoms with Crippen LogP contribution in [0.2, 0.25) is 5.02 Å². The third-order valence-corrected chi connectivity index (χ3v) is 4.96. The molecule has 0 atom stereocenters. The summed E-state index contributed by atoms with van der Waals surface area (Å²) in [5.74, 6) is -1.50. The van der Waals surface area contributed by atoms with Crippen LogP contribution in [0.1, 0.15) is 15.9 Å². The fourth-order valence-electron chi connectivity index (χ4n) is 2.38. The van der Waals surface area contributed by atoms with Gasteiger partial charge in [-0.1, -0.05) is 0 Å². The van der Waals surface area contributed by atoms with Gasteiger partial charge in [0.15, 0.2) is 0 Å². The first-order chi connectivity index (χ1) is 12.9. The Balaban J connectivity index is 1.86. The summed E-state index contributed by atoms with van der Waals surface area (Å²) in [7, 11) is 0. The van der Waals surface area contributed by atoms with Gasteiger partial charge in [0.1, 0.15) is 0 Å². The molecule has 0 aliphatic rings. The van der Waals surface area contributed by atoms with Crippen LogP contribution in [0.15, 0.2) is 48.7 Å². The van der Waals surface area contributed by atoms with Crippen molar-refractivity contribution < 1.29 is 18.3 Å². The second-order valence-corrected chi connectivity index (χ2v) is 6.86. The minimum absolute atomic E-state index is 0.0696. The molecule has 2 N–H and O–H groups in total. The zero-order valence-electron chi connectivity index (χ0n) is 13.7. The Kier molecular flexibility index (Phi) is 5.78. The molecule has 0 bridgehead atoms. The van der Waals surface area contributed by atoms with Crippen LogP contribution in [-0.4, -0.2) is 27.7 Å². The second-order valence-electron chi connectivity index (χ2n) is 5.60. The van der Waals surface area contributed by atoms with Crippen molar-refractivity contribution in [3.8, 4) is 16.9 Å². The van der Waals surface area contributed by atoms with Gasteiger partial charge in [-0.15, -0.1) is 0 Å². The number of carbonyl (C=O) groups excluding carboxylic acids is 1. The van der Waals surface area contributed by atoms with Gasteiger partial charge < -0.3 is 0 Å². The summed E-state index contributed by atoms with van der Waals surface area (Å²) in [6.45, 7) is -0.251. The third kappa shape index (κ3) is 4.29. The van der Waals surface area contributed by atoms with Crippen LogP contribution in [0.25, 0.3) is 11.1 Å². The van der Waals surface area contributed by atoms with Gasteiger partial charge in [0.25, 0.3) is 0 Å². The van der Waals surface area contributed by atoms with Crippen molar-refractivity contribution in [3.05, 3.63) is 76.4 Å². The quantitative estimate of drug-likeness (QED) is 0.482. The molecule has 0 saturated heterocycles. The number of pyridine rings is 1. The average molecular weight is 449 g/mol. The van der Waals surface area contributed by atoms with E-state index in [2.05, 4.69) is 21.8 Å². The van der Waals surface area contributed by atoms with Crippen LogP contribution in [0.3, 0.4) is 0 Å². The molecule has 2 radical (unpaired) electrons. The van der Waals surface area contributed by atoms with Gasteiger partial charge in [0.2, 0.25) is 0 Å². The molecule has 3 aromatic rings. The Hall–Kier alpha value is -2.43. The maximum atomic E-state index is 13.9. The normalized spacial score (nSPS) is 10.7. The number of nitrogens with two attached hydrogens (primary N) is 1. The molecule has 2 aromatic carbocycles. The van der Waals surface area contributed by atoms with Crippen molar-refractivity contribution in [3.63, 3.8) is 0 Å². The van der Waals surface area contributed by atoms with Gasteiger partial charge in [-0.25, -0.2) is 0 Å². The summed E-state index contributed by atoms with van der Waals surface area (Å²) in [6, 6.07) is 10.3. The molecule has 0 aliphatic heterocycles. The number of aromatic nitrogens is 1. The number of hydrogen-bond acceptors (Lipinski definition) is 3. The fraction of sp³-hybridized carbons (Fsp3) is 0.0526. The third-order valence-electron chi connectivity index (χ3n) is 3.85. The Labute approximate surface area is 167 Å². The van der Waals surface area contributed by atoms with E-state index in [1.54, 1.807) is 36.5 Å². The first-order valence-corrected chi connectivity index (χ1v) is 9.03. The number of nitrogens with zero attached hydrogens (tertiary/aromatic N) is 1. The molecule has 27 heavy (non-hydrogen) atoms. The van der Waals surface area contributed by atoms with E-state index in [0.29, 0.717) is 15.8 Å².